The molecule has 0 saturated carbocycles. The van der Waals surface area contributed by atoms with Gasteiger partial charge in [0.05, 0.1) is 6.07 Å². The van der Waals surface area contributed by atoms with Crippen molar-refractivity contribution < 1.29 is 4.52 Å². The van der Waals surface area contributed by atoms with Crippen molar-refractivity contribution in [3.8, 4) is 6.07 Å². The first-order valence-electron chi connectivity index (χ1n) is 7.29. The minimum absolute atomic E-state index is 0.0960. The molecule has 1 aromatic heterocycles. The van der Waals surface area contributed by atoms with Gasteiger partial charge in [0, 0.05) is 19.3 Å². The lowest BCUT2D eigenvalue weighted by Gasteiger charge is -2.22. The molecule has 0 N–H and O–H groups in total. The molecule has 0 spiro atoms. The Balaban J connectivity index is 2.08. The highest BCUT2D eigenvalue weighted by atomic mass is 16.5. The summed E-state index contributed by atoms with van der Waals surface area (Å²) in [5.41, 5.74) is 2.34. The van der Waals surface area contributed by atoms with Crippen LogP contribution < -0.4 is 0 Å². The van der Waals surface area contributed by atoms with Crippen molar-refractivity contribution in [2.24, 2.45) is 5.41 Å². The number of rotatable bonds is 6. The fourth-order valence-electron chi connectivity index (χ4n) is 2.28. The number of hydrogen-bond acceptors (Lipinski definition) is 4. The van der Waals surface area contributed by atoms with Crippen LogP contribution in [0.1, 0.15) is 49.5 Å². The molecule has 0 aliphatic carbocycles. The number of aryl methyl sites for hydroxylation is 1. The van der Waals surface area contributed by atoms with E-state index >= 15 is 0 Å². The minimum Gasteiger partial charge on any atom is -0.339 e. The maximum Gasteiger partial charge on any atom is 0.227 e. The fraction of sp³-hybridized carbons (Fsp3) is 0.471. The SMILES string of the molecule is CCC(C)(CC#N)Cc1nc(Cc2ccccc2C)no1. The highest BCUT2D eigenvalue weighted by Crippen LogP contribution is 2.29. The van der Waals surface area contributed by atoms with E-state index in [1.807, 2.05) is 12.1 Å². The lowest BCUT2D eigenvalue weighted by atomic mass is 9.81. The quantitative estimate of drug-likeness (QED) is 0.808. The van der Waals surface area contributed by atoms with Crippen molar-refractivity contribution in [3.63, 3.8) is 0 Å². The summed E-state index contributed by atoms with van der Waals surface area (Å²) in [5.74, 6) is 1.33. The molecule has 1 aromatic carbocycles. The summed E-state index contributed by atoms with van der Waals surface area (Å²) in [7, 11) is 0. The molecule has 1 atom stereocenters. The van der Waals surface area contributed by atoms with Crippen molar-refractivity contribution in [3.05, 3.63) is 47.1 Å². The summed E-state index contributed by atoms with van der Waals surface area (Å²) in [6.07, 6.45) is 2.74. The van der Waals surface area contributed by atoms with E-state index in [1.165, 1.54) is 11.1 Å². The van der Waals surface area contributed by atoms with E-state index in [9.17, 15) is 0 Å². The predicted octanol–water partition coefficient (Wildman–Crippen LogP) is 3.84. The maximum absolute atomic E-state index is 8.92. The van der Waals surface area contributed by atoms with Crippen LogP contribution in [0.15, 0.2) is 28.8 Å². The Morgan fingerprint density at radius 1 is 1.33 bits per heavy atom. The van der Waals surface area contributed by atoms with E-state index in [4.69, 9.17) is 9.78 Å². The van der Waals surface area contributed by atoms with Crippen molar-refractivity contribution >= 4 is 0 Å². The second kappa shape index (κ2) is 6.53. The van der Waals surface area contributed by atoms with Gasteiger partial charge < -0.3 is 4.52 Å². The van der Waals surface area contributed by atoms with Crippen LogP contribution in [0.4, 0.5) is 0 Å². The number of benzene rings is 1. The van der Waals surface area contributed by atoms with Crippen molar-refractivity contribution in [2.75, 3.05) is 0 Å². The molecule has 0 aliphatic rings. The van der Waals surface area contributed by atoms with Crippen molar-refractivity contribution in [1.82, 2.24) is 10.1 Å². The topological polar surface area (TPSA) is 62.7 Å². The Morgan fingerprint density at radius 3 is 2.76 bits per heavy atom. The van der Waals surface area contributed by atoms with Crippen LogP contribution >= 0.6 is 0 Å². The molecule has 0 bridgehead atoms. The summed E-state index contributed by atoms with van der Waals surface area (Å²) in [5, 5.41) is 13.0. The number of nitrogens with zero attached hydrogens (tertiary/aromatic N) is 3. The molecule has 2 aromatic rings. The van der Waals surface area contributed by atoms with Crippen molar-refractivity contribution in [2.45, 2.75) is 46.5 Å². The van der Waals surface area contributed by atoms with Crippen LogP contribution in [-0.2, 0) is 12.8 Å². The van der Waals surface area contributed by atoms with E-state index in [2.05, 4.69) is 49.1 Å². The third kappa shape index (κ3) is 3.91. The standard InChI is InChI=1S/C17H21N3O/c1-4-17(3,9-10-18)12-16-19-15(20-21-16)11-14-8-6-5-7-13(14)2/h5-8H,4,9,11-12H2,1-3H3. The van der Waals surface area contributed by atoms with Crippen LogP contribution in [0.5, 0.6) is 0 Å². The number of aromatic nitrogens is 2. The Hall–Kier alpha value is -2.15. The second-order valence-electron chi connectivity index (χ2n) is 5.88. The third-order valence-corrected chi connectivity index (χ3v) is 4.06. The monoisotopic (exact) mass is 283 g/mol. The van der Waals surface area contributed by atoms with Gasteiger partial charge in [-0.15, -0.1) is 0 Å². The van der Waals surface area contributed by atoms with Gasteiger partial charge in [-0.1, -0.05) is 43.3 Å². The normalized spacial score (nSPS) is 13.6. The Labute approximate surface area is 125 Å². The summed E-state index contributed by atoms with van der Waals surface area (Å²) in [4.78, 5) is 4.47. The molecule has 0 amide bonds. The molecule has 4 heteroatoms. The number of nitriles is 1. The second-order valence-corrected chi connectivity index (χ2v) is 5.88. The van der Waals surface area contributed by atoms with Crippen LogP contribution in [0.3, 0.4) is 0 Å². The molecular formula is C17H21N3O. The van der Waals surface area contributed by atoms with Gasteiger partial charge >= 0.3 is 0 Å². The molecule has 1 unspecified atom stereocenters. The van der Waals surface area contributed by atoms with Gasteiger partial charge in [0.25, 0.3) is 0 Å². The van der Waals surface area contributed by atoms with Crippen LogP contribution in [0.25, 0.3) is 0 Å². The summed E-state index contributed by atoms with van der Waals surface area (Å²) < 4.78 is 5.35. The van der Waals surface area contributed by atoms with Crippen molar-refractivity contribution in [1.29, 1.82) is 5.26 Å². The van der Waals surface area contributed by atoms with E-state index in [0.29, 0.717) is 31.0 Å². The van der Waals surface area contributed by atoms with E-state index in [0.717, 1.165) is 6.42 Å². The molecule has 4 nitrogen and oxygen atoms in total. The van der Waals surface area contributed by atoms with Gasteiger partial charge in [0.1, 0.15) is 0 Å². The molecule has 0 saturated heterocycles. The first-order valence-corrected chi connectivity index (χ1v) is 7.29. The highest BCUT2D eigenvalue weighted by molar-refractivity contribution is 5.27. The van der Waals surface area contributed by atoms with E-state index in [-0.39, 0.29) is 5.41 Å². The Bertz CT molecular complexity index is 641. The Morgan fingerprint density at radius 2 is 2.10 bits per heavy atom. The minimum atomic E-state index is -0.0960. The van der Waals surface area contributed by atoms with Gasteiger partial charge in [-0.25, -0.2) is 0 Å². The molecule has 21 heavy (non-hydrogen) atoms. The van der Waals surface area contributed by atoms with E-state index < -0.39 is 0 Å². The van der Waals surface area contributed by atoms with Crippen LogP contribution in [-0.4, -0.2) is 10.1 Å². The summed E-state index contributed by atoms with van der Waals surface area (Å²) in [6, 6.07) is 10.4. The molecule has 0 fully saturated rings. The predicted molar refractivity (Wildman–Crippen MR) is 80.6 cm³/mol. The van der Waals surface area contributed by atoms with Crippen LogP contribution in [0, 0.1) is 23.7 Å². The van der Waals surface area contributed by atoms with E-state index in [1.54, 1.807) is 0 Å². The first-order chi connectivity index (χ1) is 10.1. The first kappa shape index (κ1) is 15.2. The number of hydrogen-bond donors (Lipinski definition) is 0. The smallest absolute Gasteiger partial charge is 0.227 e. The van der Waals surface area contributed by atoms with Crippen LogP contribution in [0.2, 0.25) is 0 Å². The lowest BCUT2D eigenvalue weighted by Crippen LogP contribution is -2.18. The molecule has 0 aliphatic heterocycles. The maximum atomic E-state index is 8.92. The van der Waals surface area contributed by atoms with Gasteiger partial charge in [-0.2, -0.15) is 10.2 Å². The zero-order chi connectivity index (χ0) is 15.3. The third-order valence-electron chi connectivity index (χ3n) is 4.06. The highest BCUT2D eigenvalue weighted by Gasteiger charge is 2.25. The Kier molecular flexibility index (Phi) is 4.74. The zero-order valence-electron chi connectivity index (χ0n) is 12.9. The fourth-order valence-corrected chi connectivity index (χ4v) is 2.28. The van der Waals surface area contributed by atoms with Gasteiger partial charge in [0.15, 0.2) is 5.82 Å². The summed E-state index contributed by atoms with van der Waals surface area (Å²) in [6.45, 7) is 6.25. The average Bonchev–Trinajstić information content (AvgIpc) is 2.88. The lowest BCUT2D eigenvalue weighted by molar-refractivity contribution is 0.265. The largest absolute Gasteiger partial charge is 0.339 e. The molecular weight excluding hydrogens is 262 g/mol. The molecule has 110 valence electrons. The molecule has 1 heterocycles. The zero-order valence-corrected chi connectivity index (χ0v) is 12.9. The van der Waals surface area contributed by atoms with Gasteiger partial charge in [-0.3, -0.25) is 0 Å². The van der Waals surface area contributed by atoms with Gasteiger partial charge in [-0.05, 0) is 29.9 Å². The molecule has 0 radical (unpaired) electrons. The molecule has 2 rings (SSSR count). The summed E-state index contributed by atoms with van der Waals surface area (Å²) >= 11 is 0. The average molecular weight is 283 g/mol. The van der Waals surface area contributed by atoms with Gasteiger partial charge in [0.2, 0.25) is 5.89 Å².